The van der Waals surface area contributed by atoms with Crippen LogP contribution in [0.25, 0.3) is 16.6 Å². The molecule has 0 saturated carbocycles. The van der Waals surface area contributed by atoms with E-state index in [2.05, 4.69) is 44.6 Å². The maximum Gasteiger partial charge on any atom is 0.153 e. The van der Waals surface area contributed by atoms with E-state index in [4.69, 9.17) is 14.6 Å². The highest BCUT2D eigenvalue weighted by molar-refractivity contribution is 5.85. The molecule has 4 aromatic heterocycles. The Labute approximate surface area is 197 Å². The van der Waals surface area contributed by atoms with Gasteiger partial charge in [0.25, 0.3) is 0 Å². The van der Waals surface area contributed by atoms with Crippen molar-refractivity contribution < 1.29 is 9.47 Å². The van der Waals surface area contributed by atoms with Gasteiger partial charge in [-0.25, -0.2) is 4.52 Å². The molecule has 0 amide bonds. The van der Waals surface area contributed by atoms with E-state index in [-0.39, 0.29) is 6.10 Å². The van der Waals surface area contributed by atoms with Gasteiger partial charge >= 0.3 is 0 Å². The minimum absolute atomic E-state index is 0.138. The minimum atomic E-state index is 0.138. The number of aryl methyl sites for hydroxylation is 1. The molecule has 2 aliphatic heterocycles. The summed E-state index contributed by atoms with van der Waals surface area (Å²) in [7, 11) is 2.20. The fourth-order valence-electron chi connectivity index (χ4n) is 4.99. The number of nitrogens with one attached hydrogen (secondary N) is 1. The van der Waals surface area contributed by atoms with Gasteiger partial charge in [-0.1, -0.05) is 6.07 Å². The van der Waals surface area contributed by atoms with Crippen LogP contribution in [0.15, 0.2) is 55.1 Å². The summed E-state index contributed by atoms with van der Waals surface area (Å²) in [6, 6.07) is 10.9. The van der Waals surface area contributed by atoms with Crippen LogP contribution < -0.4 is 10.1 Å². The number of ether oxygens (including phenoxy) is 2. The van der Waals surface area contributed by atoms with Crippen LogP contribution in [-0.4, -0.2) is 68.1 Å². The molecule has 9 nitrogen and oxygen atoms in total. The Morgan fingerprint density at radius 2 is 1.91 bits per heavy atom. The number of fused-ring (bicyclic) bond motifs is 3. The van der Waals surface area contributed by atoms with E-state index >= 15 is 0 Å². The number of pyridine rings is 2. The Morgan fingerprint density at radius 1 is 1.06 bits per heavy atom. The van der Waals surface area contributed by atoms with Crippen LogP contribution in [0.3, 0.4) is 0 Å². The Morgan fingerprint density at radius 3 is 2.71 bits per heavy atom. The van der Waals surface area contributed by atoms with Crippen molar-refractivity contribution in [1.82, 2.24) is 29.7 Å². The highest BCUT2D eigenvalue weighted by atomic mass is 16.5. The number of rotatable bonds is 5. The fourth-order valence-corrected chi connectivity index (χ4v) is 4.99. The van der Waals surface area contributed by atoms with Gasteiger partial charge in [0, 0.05) is 54.0 Å². The zero-order valence-electron chi connectivity index (χ0n) is 19.3. The first kappa shape index (κ1) is 21.0. The Hall–Kier alpha value is -3.56. The van der Waals surface area contributed by atoms with E-state index < -0.39 is 0 Å². The van der Waals surface area contributed by atoms with Gasteiger partial charge in [0.2, 0.25) is 0 Å². The molecule has 2 bridgehead atoms. The van der Waals surface area contributed by atoms with Crippen LogP contribution in [0.5, 0.6) is 5.75 Å². The van der Waals surface area contributed by atoms with E-state index in [0.717, 1.165) is 65.6 Å². The number of morpholine rings is 1. The predicted octanol–water partition coefficient (Wildman–Crippen LogP) is 3.48. The molecule has 6 rings (SSSR count). The minimum Gasteiger partial charge on any atom is -0.488 e. The van der Waals surface area contributed by atoms with Crippen LogP contribution in [0, 0.1) is 6.92 Å². The van der Waals surface area contributed by atoms with E-state index in [1.165, 1.54) is 0 Å². The molecule has 1 N–H and O–H groups in total. The quantitative estimate of drug-likeness (QED) is 0.487. The van der Waals surface area contributed by atoms with Crippen molar-refractivity contribution in [3.8, 4) is 16.9 Å². The molecule has 0 aromatic carbocycles. The van der Waals surface area contributed by atoms with E-state index in [1.807, 2.05) is 42.0 Å². The zero-order chi connectivity index (χ0) is 23.1. The summed E-state index contributed by atoms with van der Waals surface area (Å²) in [5, 5.41) is 15.7. The summed E-state index contributed by atoms with van der Waals surface area (Å²) < 4.78 is 14.3. The second kappa shape index (κ2) is 8.66. The molecule has 0 spiro atoms. The van der Waals surface area contributed by atoms with Crippen LogP contribution >= 0.6 is 0 Å². The summed E-state index contributed by atoms with van der Waals surface area (Å²) in [6.07, 6.45) is 9.16. The number of hydrogen-bond donors (Lipinski definition) is 1. The molecule has 34 heavy (non-hydrogen) atoms. The van der Waals surface area contributed by atoms with Crippen molar-refractivity contribution in [2.24, 2.45) is 0 Å². The largest absolute Gasteiger partial charge is 0.488 e. The lowest BCUT2D eigenvalue weighted by atomic mass is 9.92. The summed E-state index contributed by atoms with van der Waals surface area (Å²) in [6.45, 7) is 3.54. The summed E-state index contributed by atoms with van der Waals surface area (Å²) in [4.78, 5) is 6.99. The van der Waals surface area contributed by atoms with Gasteiger partial charge < -0.3 is 14.8 Å². The first-order valence-corrected chi connectivity index (χ1v) is 11.6. The number of aromatic nitrogens is 5. The van der Waals surface area contributed by atoms with Crippen molar-refractivity contribution in [2.75, 3.05) is 25.6 Å². The Kier molecular flexibility index (Phi) is 5.35. The topological polar surface area (TPSA) is 89.7 Å². The third kappa shape index (κ3) is 3.97. The van der Waals surface area contributed by atoms with Crippen LogP contribution in [0.2, 0.25) is 0 Å². The van der Waals surface area contributed by atoms with Gasteiger partial charge in [0.15, 0.2) is 5.82 Å². The smallest absolute Gasteiger partial charge is 0.153 e. The standard InChI is InChI=1S/C25H27N7O2/c1-16-8-22(24(13-26-16)34-20-9-18-14-33-15-19(10-20)31(18)2)21-4-3-7-32-23(21)11-25(30-32)29-17-5-6-27-28-12-17/h3-8,11-13,18-20H,9-10,14-15H2,1-2H3,(H,27,29,30). The number of hydrogen-bond acceptors (Lipinski definition) is 8. The number of anilines is 2. The molecule has 2 saturated heterocycles. The lowest BCUT2D eigenvalue weighted by Gasteiger charge is -2.46. The number of likely N-dealkylation sites (N-methyl/N-ethyl adjacent to an activating group) is 1. The van der Waals surface area contributed by atoms with Gasteiger partial charge in [-0.3, -0.25) is 9.88 Å². The number of piperidine rings is 1. The average molecular weight is 458 g/mol. The molecule has 2 fully saturated rings. The van der Waals surface area contributed by atoms with Gasteiger partial charge in [-0.15, -0.1) is 0 Å². The first-order valence-electron chi connectivity index (χ1n) is 11.6. The second-order valence-corrected chi connectivity index (χ2v) is 9.08. The number of nitrogens with zero attached hydrogens (tertiary/aromatic N) is 6. The zero-order valence-corrected chi connectivity index (χ0v) is 19.3. The van der Waals surface area contributed by atoms with Crippen molar-refractivity contribution in [2.45, 2.75) is 38.0 Å². The molecule has 4 aromatic rings. The molecular formula is C25H27N7O2. The Bertz CT molecular complexity index is 1300. The van der Waals surface area contributed by atoms with Crippen LogP contribution in [0.1, 0.15) is 18.5 Å². The maximum absolute atomic E-state index is 6.63. The lowest BCUT2D eigenvalue weighted by molar-refractivity contribution is -0.0879. The molecule has 2 aliphatic rings. The van der Waals surface area contributed by atoms with E-state index in [0.29, 0.717) is 12.1 Å². The highest BCUT2D eigenvalue weighted by Crippen LogP contribution is 2.37. The third-order valence-corrected chi connectivity index (χ3v) is 6.79. The van der Waals surface area contributed by atoms with E-state index in [9.17, 15) is 0 Å². The van der Waals surface area contributed by atoms with Gasteiger partial charge in [0.05, 0.1) is 43.0 Å². The highest BCUT2D eigenvalue weighted by Gasteiger charge is 2.38. The maximum atomic E-state index is 6.63. The monoisotopic (exact) mass is 457 g/mol. The van der Waals surface area contributed by atoms with Gasteiger partial charge in [0.1, 0.15) is 11.9 Å². The SMILES string of the molecule is Cc1cc(-c2cccn3nc(Nc4ccnnc4)cc23)c(OC2CC3COCC(C2)N3C)cn1. The first-order chi connectivity index (χ1) is 16.6. The normalized spacial score (nSPS) is 22.6. The van der Waals surface area contributed by atoms with E-state index in [1.54, 1.807) is 12.4 Å². The second-order valence-electron chi connectivity index (χ2n) is 9.08. The Balaban J connectivity index is 1.34. The molecule has 0 radical (unpaired) electrons. The molecular weight excluding hydrogens is 430 g/mol. The molecule has 2 atom stereocenters. The summed E-state index contributed by atoms with van der Waals surface area (Å²) in [5.74, 6) is 1.54. The molecule has 2 unspecified atom stereocenters. The predicted molar refractivity (Wildman–Crippen MR) is 128 cm³/mol. The molecule has 9 heteroatoms. The van der Waals surface area contributed by atoms with Gasteiger partial charge in [-0.05, 0) is 32.2 Å². The van der Waals surface area contributed by atoms with Crippen molar-refractivity contribution in [3.63, 3.8) is 0 Å². The van der Waals surface area contributed by atoms with Crippen LogP contribution in [0.4, 0.5) is 11.5 Å². The summed E-state index contributed by atoms with van der Waals surface area (Å²) in [5.41, 5.74) is 4.83. The molecule has 6 heterocycles. The molecule has 174 valence electrons. The van der Waals surface area contributed by atoms with Crippen molar-refractivity contribution in [1.29, 1.82) is 0 Å². The fraction of sp³-hybridized carbons (Fsp3) is 0.360. The lowest BCUT2D eigenvalue weighted by Crippen LogP contribution is -2.57. The average Bonchev–Trinajstić information content (AvgIpc) is 3.24. The summed E-state index contributed by atoms with van der Waals surface area (Å²) >= 11 is 0. The third-order valence-electron chi connectivity index (χ3n) is 6.79. The van der Waals surface area contributed by atoms with Gasteiger partial charge in [-0.2, -0.15) is 15.3 Å². The molecule has 0 aliphatic carbocycles. The van der Waals surface area contributed by atoms with Crippen molar-refractivity contribution >= 4 is 17.0 Å². The van der Waals surface area contributed by atoms with Crippen LogP contribution in [-0.2, 0) is 4.74 Å². The van der Waals surface area contributed by atoms with Crippen molar-refractivity contribution in [3.05, 3.63) is 60.8 Å².